The zero-order valence-corrected chi connectivity index (χ0v) is 22.7. The first kappa shape index (κ1) is 25.2. The summed E-state index contributed by atoms with van der Waals surface area (Å²) in [5.41, 5.74) is 8.92. The molecule has 0 N–H and O–H groups in total. The molecule has 0 saturated carbocycles. The van der Waals surface area contributed by atoms with Gasteiger partial charge in [-0.25, -0.2) is 15.0 Å². The van der Waals surface area contributed by atoms with E-state index in [1.165, 1.54) is 0 Å². The number of rotatable bonds is 6. The molecule has 0 bridgehead atoms. The highest BCUT2D eigenvalue weighted by Crippen LogP contribution is 2.30. The SMILES string of the molecule is c1ccc(-c2nc(-c3ccccc3)nc(-c3cccc(-c4ccc(-c5ccc(-c6ccccn6)nc5)cc4)c3)n2)cc1. The third-order valence-electron chi connectivity index (χ3n) is 7.06. The van der Waals surface area contributed by atoms with E-state index in [0.29, 0.717) is 17.5 Å². The van der Waals surface area contributed by atoms with Gasteiger partial charge in [-0.2, -0.15) is 0 Å². The maximum absolute atomic E-state index is 4.88. The van der Waals surface area contributed by atoms with Gasteiger partial charge in [0.1, 0.15) is 0 Å². The van der Waals surface area contributed by atoms with Gasteiger partial charge in [-0.3, -0.25) is 9.97 Å². The first-order valence-electron chi connectivity index (χ1n) is 13.8. The maximum atomic E-state index is 4.88. The van der Waals surface area contributed by atoms with Gasteiger partial charge >= 0.3 is 0 Å². The Hall–Kier alpha value is -5.81. The van der Waals surface area contributed by atoms with Crippen molar-refractivity contribution in [1.29, 1.82) is 0 Å². The molecule has 0 saturated heterocycles. The average Bonchev–Trinajstić information content (AvgIpc) is 3.09. The Kier molecular flexibility index (Phi) is 6.81. The molecule has 0 aliphatic rings. The van der Waals surface area contributed by atoms with Crippen LogP contribution in [0.5, 0.6) is 0 Å². The fraction of sp³-hybridized carbons (Fsp3) is 0. The first-order valence-corrected chi connectivity index (χ1v) is 13.8. The zero-order valence-electron chi connectivity index (χ0n) is 22.7. The van der Waals surface area contributed by atoms with Gasteiger partial charge < -0.3 is 0 Å². The van der Waals surface area contributed by atoms with E-state index in [1.54, 1.807) is 6.20 Å². The van der Waals surface area contributed by atoms with E-state index in [0.717, 1.165) is 50.3 Å². The number of hydrogen-bond donors (Lipinski definition) is 0. The lowest BCUT2D eigenvalue weighted by molar-refractivity contribution is 1.07. The lowest BCUT2D eigenvalue weighted by atomic mass is 9.99. The second kappa shape index (κ2) is 11.4. The normalized spacial score (nSPS) is 10.9. The molecule has 198 valence electrons. The molecule has 5 heteroatoms. The minimum Gasteiger partial charge on any atom is -0.255 e. The summed E-state index contributed by atoms with van der Waals surface area (Å²) in [5.74, 6) is 1.94. The van der Waals surface area contributed by atoms with Crippen molar-refractivity contribution in [1.82, 2.24) is 24.9 Å². The smallest absolute Gasteiger partial charge is 0.164 e. The van der Waals surface area contributed by atoms with Gasteiger partial charge in [0.2, 0.25) is 0 Å². The quantitative estimate of drug-likeness (QED) is 0.212. The monoisotopic (exact) mass is 539 g/mol. The minimum atomic E-state index is 0.639. The van der Waals surface area contributed by atoms with Crippen molar-refractivity contribution < 1.29 is 0 Å². The van der Waals surface area contributed by atoms with Crippen LogP contribution in [0.25, 0.3) is 67.8 Å². The molecule has 0 unspecified atom stereocenters. The molecule has 0 spiro atoms. The molecule has 3 heterocycles. The van der Waals surface area contributed by atoms with E-state index < -0.39 is 0 Å². The molecule has 5 nitrogen and oxygen atoms in total. The Balaban J connectivity index is 1.20. The van der Waals surface area contributed by atoms with Crippen LogP contribution in [-0.2, 0) is 0 Å². The summed E-state index contributed by atoms with van der Waals surface area (Å²) in [6.45, 7) is 0. The molecular formula is C37H25N5. The zero-order chi connectivity index (χ0) is 28.1. The van der Waals surface area contributed by atoms with E-state index in [4.69, 9.17) is 15.0 Å². The third-order valence-corrected chi connectivity index (χ3v) is 7.06. The van der Waals surface area contributed by atoms with Crippen LogP contribution in [0.1, 0.15) is 0 Å². The molecular weight excluding hydrogens is 514 g/mol. The summed E-state index contributed by atoms with van der Waals surface area (Å²) in [4.78, 5) is 23.6. The van der Waals surface area contributed by atoms with Crippen LogP contribution in [-0.4, -0.2) is 24.9 Å². The fourth-order valence-corrected chi connectivity index (χ4v) is 4.86. The molecule has 0 radical (unpaired) electrons. The predicted molar refractivity (Wildman–Crippen MR) is 168 cm³/mol. The first-order chi connectivity index (χ1) is 20.8. The topological polar surface area (TPSA) is 64.5 Å². The second-order valence-corrected chi connectivity index (χ2v) is 9.84. The summed E-state index contributed by atoms with van der Waals surface area (Å²) in [6.07, 6.45) is 3.68. The lowest BCUT2D eigenvalue weighted by Crippen LogP contribution is -2.00. The Bertz CT molecular complexity index is 1880. The molecule has 0 fully saturated rings. The van der Waals surface area contributed by atoms with Crippen LogP contribution in [0.4, 0.5) is 0 Å². The van der Waals surface area contributed by atoms with Gasteiger partial charge in [-0.05, 0) is 41.0 Å². The number of aromatic nitrogens is 5. The highest BCUT2D eigenvalue weighted by atomic mass is 15.0. The van der Waals surface area contributed by atoms with Crippen LogP contribution in [0.15, 0.2) is 152 Å². The standard InChI is InChI=1S/C37H25N5/c1-3-10-28(11-4-1)35-40-36(29-12-5-2-6-13-29)42-37(41-35)31-15-9-14-30(24-31)26-17-19-27(20-18-26)32-21-22-34(39-25-32)33-16-7-8-23-38-33/h1-25H. The van der Waals surface area contributed by atoms with Crippen LogP contribution in [0.2, 0.25) is 0 Å². The van der Waals surface area contributed by atoms with E-state index in [1.807, 2.05) is 103 Å². The van der Waals surface area contributed by atoms with E-state index in [2.05, 4.69) is 52.4 Å². The Morgan fingerprint density at radius 3 is 1.38 bits per heavy atom. The van der Waals surface area contributed by atoms with Crippen molar-refractivity contribution in [3.8, 4) is 67.8 Å². The summed E-state index contributed by atoms with van der Waals surface area (Å²) < 4.78 is 0. The number of nitrogens with zero attached hydrogens (tertiary/aromatic N) is 5. The van der Waals surface area contributed by atoms with Gasteiger partial charge in [0.15, 0.2) is 17.5 Å². The number of pyridine rings is 2. The predicted octanol–water partition coefficient (Wildman–Crippen LogP) is 8.66. The molecule has 7 aromatic rings. The number of benzene rings is 4. The summed E-state index contributed by atoms with van der Waals surface area (Å²) in [7, 11) is 0. The summed E-state index contributed by atoms with van der Waals surface area (Å²) >= 11 is 0. The van der Waals surface area contributed by atoms with Crippen LogP contribution in [0, 0.1) is 0 Å². The van der Waals surface area contributed by atoms with Crippen LogP contribution in [0.3, 0.4) is 0 Å². The highest BCUT2D eigenvalue weighted by Gasteiger charge is 2.13. The summed E-state index contributed by atoms with van der Waals surface area (Å²) in [6, 6.07) is 46.9. The average molecular weight is 540 g/mol. The minimum absolute atomic E-state index is 0.639. The Morgan fingerprint density at radius 1 is 0.310 bits per heavy atom. The van der Waals surface area contributed by atoms with Crippen molar-refractivity contribution in [3.05, 3.63) is 152 Å². The van der Waals surface area contributed by atoms with Crippen molar-refractivity contribution in [2.75, 3.05) is 0 Å². The van der Waals surface area contributed by atoms with Gasteiger partial charge in [0.25, 0.3) is 0 Å². The van der Waals surface area contributed by atoms with Crippen LogP contribution < -0.4 is 0 Å². The second-order valence-electron chi connectivity index (χ2n) is 9.84. The number of hydrogen-bond acceptors (Lipinski definition) is 5. The fourth-order valence-electron chi connectivity index (χ4n) is 4.86. The van der Waals surface area contributed by atoms with Crippen molar-refractivity contribution in [3.63, 3.8) is 0 Å². The Labute approximate surface area is 244 Å². The Morgan fingerprint density at radius 2 is 0.810 bits per heavy atom. The maximum Gasteiger partial charge on any atom is 0.164 e. The van der Waals surface area contributed by atoms with Gasteiger partial charge in [0, 0.05) is 34.6 Å². The summed E-state index contributed by atoms with van der Waals surface area (Å²) in [5, 5.41) is 0. The van der Waals surface area contributed by atoms with E-state index >= 15 is 0 Å². The van der Waals surface area contributed by atoms with Crippen molar-refractivity contribution in [2.24, 2.45) is 0 Å². The molecule has 3 aromatic heterocycles. The molecule has 0 aliphatic carbocycles. The molecule has 42 heavy (non-hydrogen) atoms. The van der Waals surface area contributed by atoms with Gasteiger partial charge in [-0.1, -0.05) is 115 Å². The highest BCUT2D eigenvalue weighted by molar-refractivity contribution is 5.75. The van der Waals surface area contributed by atoms with E-state index in [9.17, 15) is 0 Å². The van der Waals surface area contributed by atoms with Crippen molar-refractivity contribution in [2.45, 2.75) is 0 Å². The third kappa shape index (κ3) is 5.31. The lowest BCUT2D eigenvalue weighted by Gasteiger charge is -2.10. The van der Waals surface area contributed by atoms with E-state index in [-0.39, 0.29) is 0 Å². The van der Waals surface area contributed by atoms with Gasteiger partial charge in [-0.15, -0.1) is 0 Å². The van der Waals surface area contributed by atoms with Crippen molar-refractivity contribution >= 4 is 0 Å². The molecule has 4 aromatic carbocycles. The van der Waals surface area contributed by atoms with Gasteiger partial charge in [0.05, 0.1) is 11.4 Å². The largest absolute Gasteiger partial charge is 0.255 e. The molecule has 0 atom stereocenters. The molecule has 7 rings (SSSR count). The molecule has 0 aliphatic heterocycles. The van der Waals surface area contributed by atoms with Crippen LogP contribution >= 0.6 is 0 Å². The molecule has 0 amide bonds.